The Morgan fingerprint density at radius 3 is 2.34 bits per heavy atom. The van der Waals surface area contributed by atoms with Gasteiger partial charge in [0.2, 0.25) is 0 Å². The Bertz CT molecular complexity index is 1160. The highest BCUT2D eigenvalue weighted by atomic mass is 32.2. The second-order valence-electron chi connectivity index (χ2n) is 10.6. The van der Waals surface area contributed by atoms with Crippen LogP contribution in [0.3, 0.4) is 0 Å². The maximum atomic E-state index is 12.4. The van der Waals surface area contributed by atoms with Crippen molar-refractivity contribution in [2.75, 3.05) is 25.5 Å². The summed E-state index contributed by atoms with van der Waals surface area (Å²) in [6, 6.07) is 13.5. The van der Waals surface area contributed by atoms with Gasteiger partial charge in [-0.1, -0.05) is 30.3 Å². The van der Waals surface area contributed by atoms with Crippen LogP contribution in [0, 0.1) is 0 Å². The molecule has 1 fully saturated rings. The molecule has 2 aromatic rings. The number of fused-ring (bicyclic) bond motifs is 1. The lowest BCUT2D eigenvalue weighted by atomic mass is 9.82. The number of benzene rings is 2. The molecular weight excluding hydrogens is 469 g/mol. The number of nitrogens with zero attached hydrogens (tertiary/aromatic N) is 1. The second-order valence-corrected chi connectivity index (χ2v) is 12.7. The first-order valence-corrected chi connectivity index (χ1v) is 14.0. The van der Waals surface area contributed by atoms with Crippen LogP contribution in [0.15, 0.2) is 42.5 Å². The number of carbonyl (C=O) groups is 1. The van der Waals surface area contributed by atoms with Gasteiger partial charge in [0.05, 0.1) is 11.5 Å². The van der Waals surface area contributed by atoms with Crippen LogP contribution in [0.5, 0.6) is 5.75 Å². The Labute approximate surface area is 207 Å². The van der Waals surface area contributed by atoms with Crippen LogP contribution in [-0.2, 0) is 26.7 Å². The van der Waals surface area contributed by atoms with Crippen LogP contribution in [0.2, 0.25) is 0 Å². The highest BCUT2D eigenvalue weighted by molar-refractivity contribution is 7.90. The fourth-order valence-corrected chi connectivity index (χ4v) is 5.79. The van der Waals surface area contributed by atoms with Gasteiger partial charge >= 0.3 is 6.09 Å². The first-order chi connectivity index (χ1) is 16.5. The van der Waals surface area contributed by atoms with E-state index in [1.165, 1.54) is 0 Å². The van der Waals surface area contributed by atoms with E-state index in [0.717, 1.165) is 48.1 Å². The molecule has 0 aliphatic carbocycles. The van der Waals surface area contributed by atoms with Gasteiger partial charge in [-0.15, -0.1) is 0 Å². The van der Waals surface area contributed by atoms with Crippen molar-refractivity contribution in [3.05, 3.63) is 53.6 Å². The maximum Gasteiger partial charge on any atom is 0.410 e. The smallest absolute Gasteiger partial charge is 0.410 e. The van der Waals surface area contributed by atoms with Gasteiger partial charge in [0, 0.05) is 25.9 Å². The molecule has 1 saturated heterocycles. The van der Waals surface area contributed by atoms with E-state index in [1.54, 1.807) is 17.0 Å². The van der Waals surface area contributed by atoms with Crippen LogP contribution in [-0.4, -0.2) is 56.1 Å². The predicted octanol–water partition coefficient (Wildman–Crippen LogP) is 5.33. The van der Waals surface area contributed by atoms with E-state index in [9.17, 15) is 17.6 Å². The van der Waals surface area contributed by atoms with E-state index in [-0.39, 0.29) is 17.4 Å². The molecule has 8 heteroatoms. The minimum atomic E-state index is -3.42. The lowest BCUT2D eigenvalue weighted by Gasteiger charge is -2.44. The Kier molecular flexibility index (Phi) is 7.13. The van der Waals surface area contributed by atoms with Gasteiger partial charge < -0.3 is 14.4 Å². The molecule has 6 nitrogen and oxygen atoms in total. The molecule has 0 N–H and O–H groups in total. The molecule has 0 atom stereocenters. The van der Waals surface area contributed by atoms with Gasteiger partial charge in [0.1, 0.15) is 23.6 Å². The van der Waals surface area contributed by atoms with Gasteiger partial charge in [0.25, 0.3) is 0 Å². The van der Waals surface area contributed by atoms with Crippen molar-refractivity contribution in [2.24, 2.45) is 0 Å². The quantitative estimate of drug-likeness (QED) is 0.551. The fraction of sp³-hybridized carbons (Fsp3) is 0.519. The Morgan fingerprint density at radius 2 is 1.71 bits per heavy atom. The van der Waals surface area contributed by atoms with Crippen LogP contribution in [0.25, 0.3) is 11.1 Å². The summed E-state index contributed by atoms with van der Waals surface area (Å²) in [6.45, 7) is 6.01. The average Bonchev–Trinajstić information content (AvgIpc) is 2.78. The third-order valence-electron chi connectivity index (χ3n) is 6.63. The fourth-order valence-electron chi connectivity index (χ4n) is 4.71. The lowest BCUT2D eigenvalue weighted by Crippen LogP contribution is -2.52. The summed E-state index contributed by atoms with van der Waals surface area (Å²) in [5.74, 6) is 0.294. The van der Waals surface area contributed by atoms with Crippen molar-refractivity contribution < 1.29 is 27.1 Å². The summed E-state index contributed by atoms with van der Waals surface area (Å²) in [5.41, 5.74) is 3.09. The number of carbonyl (C=O) groups excluding carboxylic acids is 1. The van der Waals surface area contributed by atoms with E-state index in [1.807, 2.05) is 45.0 Å². The van der Waals surface area contributed by atoms with Crippen molar-refractivity contribution in [2.45, 2.75) is 63.4 Å². The maximum absolute atomic E-state index is 12.4. The number of rotatable bonds is 5. The molecule has 1 amide bonds. The first-order valence-electron chi connectivity index (χ1n) is 12.1. The third-order valence-corrected chi connectivity index (χ3v) is 8.17. The van der Waals surface area contributed by atoms with Crippen molar-refractivity contribution in [3.8, 4) is 16.9 Å². The summed E-state index contributed by atoms with van der Waals surface area (Å²) in [6.07, 6.45) is 3.09. The minimum Gasteiger partial charge on any atom is -0.487 e. The van der Waals surface area contributed by atoms with Crippen molar-refractivity contribution in [1.29, 1.82) is 0 Å². The highest BCUT2D eigenvalue weighted by Crippen LogP contribution is 2.41. The molecule has 2 aliphatic heterocycles. The summed E-state index contributed by atoms with van der Waals surface area (Å²) in [4.78, 5) is 14.2. The number of amides is 1. The molecule has 0 unspecified atom stereocenters. The van der Waals surface area contributed by atoms with Crippen molar-refractivity contribution in [1.82, 2.24) is 4.90 Å². The number of ether oxygens (including phenoxy) is 2. The van der Waals surface area contributed by atoms with Gasteiger partial charge in [0.15, 0.2) is 9.84 Å². The number of likely N-dealkylation sites (tertiary alicyclic amines) is 1. The number of hydrogen-bond donors (Lipinski definition) is 0. The molecular formula is C27H34FNO5S. The summed E-state index contributed by atoms with van der Waals surface area (Å²) < 4.78 is 48.2. The SMILES string of the molecule is CC(C)(C)OC(=O)N1CCC2(CCc3cc(-c4ccc(CS(=O)(=O)CCF)cc4)ccc3O2)CC1. The van der Waals surface area contributed by atoms with Gasteiger partial charge in [-0.3, -0.25) is 0 Å². The number of piperidine rings is 1. The summed E-state index contributed by atoms with van der Waals surface area (Å²) >= 11 is 0. The standard InChI is InChI=1S/C27H34FNO5S/c1-26(2,3)34-25(30)29-15-12-27(13-16-29)11-10-23-18-22(8-9-24(23)33-27)21-6-4-20(5-7-21)19-35(31,32)17-14-28/h4-9,18H,10-17,19H2,1-3H3. The first kappa shape index (κ1) is 25.5. The normalized spacial score (nSPS) is 17.5. The zero-order chi connectivity index (χ0) is 25.3. The van der Waals surface area contributed by atoms with Crippen molar-refractivity contribution in [3.63, 3.8) is 0 Å². The largest absolute Gasteiger partial charge is 0.487 e. The molecule has 2 aromatic carbocycles. The van der Waals surface area contributed by atoms with Crippen LogP contribution in [0.1, 0.15) is 51.2 Å². The van der Waals surface area contributed by atoms with Crippen molar-refractivity contribution >= 4 is 15.9 Å². The molecule has 0 aromatic heterocycles. The number of aryl methyl sites for hydroxylation is 1. The van der Waals surface area contributed by atoms with Crippen LogP contribution in [0.4, 0.5) is 9.18 Å². The number of halogens is 1. The topological polar surface area (TPSA) is 72.9 Å². The monoisotopic (exact) mass is 503 g/mol. The molecule has 4 rings (SSSR count). The van der Waals surface area contributed by atoms with Gasteiger partial charge in [-0.05, 0) is 68.0 Å². The van der Waals surface area contributed by atoms with Crippen LogP contribution < -0.4 is 4.74 Å². The molecule has 2 heterocycles. The number of sulfone groups is 1. The zero-order valence-electron chi connectivity index (χ0n) is 20.7. The van der Waals surface area contributed by atoms with Gasteiger partial charge in [-0.2, -0.15) is 0 Å². The predicted molar refractivity (Wildman–Crippen MR) is 134 cm³/mol. The Morgan fingerprint density at radius 1 is 1.06 bits per heavy atom. The molecule has 190 valence electrons. The number of hydrogen-bond acceptors (Lipinski definition) is 5. The average molecular weight is 504 g/mol. The van der Waals surface area contributed by atoms with E-state index in [0.29, 0.717) is 18.7 Å². The zero-order valence-corrected chi connectivity index (χ0v) is 21.5. The molecule has 0 saturated carbocycles. The second kappa shape index (κ2) is 9.80. The number of alkyl halides is 1. The molecule has 2 aliphatic rings. The summed E-state index contributed by atoms with van der Waals surface area (Å²) in [7, 11) is -3.42. The van der Waals surface area contributed by atoms with E-state index < -0.39 is 27.9 Å². The summed E-state index contributed by atoms with van der Waals surface area (Å²) in [5, 5.41) is 0. The lowest BCUT2D eigenvalue weighted by molar-refractivity contribution is -0.0272. The Balaban J connectivity index is 1.40. The van der Waals surface area contributed by atoms with E-state index >= 15 is 0 Å². The third kappa shape index (κ3) is 6.34. The molecule has 0 bridgehead atoms. The minimum absolute atomic E-state index is 0.150. The molecule has 35 heavy (non-hydrogen) atoms. The Hall–Kier alpha value is -2.61. The highest BCUT2D eigenvalue weighted by Gasteiger charge is 2.41. The molecule has 0 radical (unpaired) electrons. The van der Waals surface area contributed by atoms with Gasteiger partial charge in [-0.25, -0.2) is 17.6 Å². The van der Waals surface area contributed by atoms with E-state index in [2.05, 4.69) is 6.07 Å². The van der Waals surface area contributed by atoms with E-state index in [4.69, 9.17) is 9.47 Å². The van der Waals surface area contributed by atoms with Crippen LogP contribution >= 0.6 is 0 Å². The molecule has 1 spiro atoms.